The third-order valence-corrected chi connectivity index (χ3v) is 4.93. The van der Waals surface area contributed by atoms with Crippen molar-refractivity contribution < 1.29 is 21.6 Å². The number of amidine groups is 1. The van der Waals surface area contributed by atoms with Crippen LogP contribution in [-0.4, -0.2) is 26.1 Å². The van der Waals surface area contributed by atoms with Gasteiger partial charge in [0.2, 0.25) is 16.2 Å². The van der Waals surface area contributed by atoms with E-state index < -0.39 is 21.8 Å². The fourth-order valence-electron chi connectivity index (χ4n) is 2.44. The lowest BCUT2D eigenvalue weighted by Gasteiger charge is -2.18. The summed E-state index contributed by atoms with van der Waals surface area (Å²) >= 11 is 7.22. The van der Waals surface area contributed by atoms with Crippen molar-refractivity contribution in [3.8, 4) is 17.3 Å². The summed E-state index contributed by atoms with van der Waals surface area (Å²) in [6, 6.07) is 7.59. The standard InChI is InChI=1S/C17H14ClF3N4O2S2/c1-28-16(23-9-22)24-12-7-13(17(19,20)21)15(14(18)8-12)10-4-3-5-11(6-10)25-29(2,26)27/h3-8,25H,1-2H3,(H,23,24). The van der Waals surface area contributed by atoms with Gasteiger partial charge < -0.3 is 5.32 Å². The van der Waals surface area contributed by atoms with Crippen LogP contribution in [0, 0.1) is 11.5 Å². The minimum atomic E-state index is -4.75. The minimum absolute atomic E-state index is 0.000148. The number of halogens is 4. The van der Waals surface area contributed by atoms with Crippen LogP contribution >= 0.6 is 23.4 Å². The predicted octanol–water partition coefficient (Wildman–Crippen LogP) is 5.01. The topological polar surface area (TPSA) is 94.3 Å². The Morgan fingerprint density at radius 3 is 2.48 bits per heavy atom. The second kappa shape index (κ2) is 8.94. The van der Waals surface area contributed by atoms with E-state index in [4.69, 9.17) is 16.9 Å². The van der Waals surface area contributed by atoms with E-state index in [1.54, 1.807) is 12.4 Å². The largest absolute Gasteiger partial charge is 0.417 e. The number of nitriles is 1. The maximum atomic E-state index is 13.7. The summed E-state index contributed by atoms with van der Waals surface area (Å²) in [4.78, 5) is 3.47. The van der Waals surface area contributed by atoms with Crippen LogP contribution in [0.5, 0.6) is 0 Å². The van der Waals surface area contributed by atoms with Gasteiger partial charge in [0, 0.05) is 16.9 Å². The first-order valence-corrected chi connectivity index (χ1v) is 11.2. The number of hydrogen-bond acceptors (Lipinski definition) is 5. The van der Waals surface area contributed by atoms with Gasteiger partial charge in [-0.05, 0) is 36.1 Å². The highest BCUT2D eigenvalue weighted by atomic mass is 35.5. The molecule has 12 heteroatoms. The van der Waals surface area contributed by atoms with Crippen LogP contribution in [-0.2, 0) is 16.2 Å². The van der Waals surface area contributed by atoms with Gasteiger partial charge in [0.25, 0.3) is 0 Å². The highest BCUT2D eigenvalue weighted by Gasteiger charge is 2.35. The molecule has 0 aliphatic carbocycles. The van der Waals surface area contributed by atoms with Crippen LogP contribution in [0.15, 0.2) is 41.4 Å². The molecule has 0 aromatic heterocycles. The summed E-state index contributed by atoms with van der Waals surface area (Å²) in [6.07, 6.45) is -0.661. The molecule has 29 heavy (non-hydrogen) atoms. The highest BCUT2D eigenvalue weighted by molar-refractivity contribution is 8.13. The summed E-state index contributed by atoms with van der Waals surface area (Å²) in [5.41, 5.74) is -1.15. The number of rotatable bonds is 4. The number of benzene rings is 2. The molecule has 2 aromatic rings. The van der Waals surface area contributed by atoms with Crippen molar-refractivity contribution in [2.75, 3.05) is 22.6 Å². The Morgan fingerprint density at radius 2 is 1.93 bits per heavy atom. The van der Waals surface area contributed by atoms with Gasteiger partial charge in [-0.2, -0.15) is 18.4 Å². The fraction of sp³-hybridized carbons (Fsp3) is 0.176. The number of sulfonamides is 1. The Bertz CT molecular complexity index is 1100. The van der Waals surface area contributed by atoms with Crippen LogP contribution < -0.4 is 10.0 Å². The van der Waals surface area contributed by atoms with E-state index >= 15 is 0 Å². The van der Waals surface area contributed by atoms with Crippen LogP contribution in [0.2, 0.25) is 5.02 Å². The SMILES string of the molecule is CS/C(=N/C#N)Nc1cc(Cl)c(-c2cccc(NS(C)(=O)=O)c2)c(C(F)(F)F)c1. The van der Waals surface area contributed by atoms with E-state index in [1.807, 2.05) is 0 Å². The number of nitrogens with one attached hydrogen (secondary N) is 2. The average molecular weight is 463 g/mol. The van der Waals surface area contributed by atoms with Crippen molar-refractivity contribution in [1.29, 1.82) is 5.26 Å². The molecule has 0 aliphatic heterocycles. The maximum absolute atomic E-state index is 13.7. The molecule has 2 rings (SSSR count). The number of alkyl halides is 3. The van der Waals surface area contributed by atoms with Gasteiger partial charge in [-0.1, -0.05) is 35.5 Å². The third kappa shape index (κ3) is 6.28. The number of thioether (sulfide) groups is 1. The lowest BCUT2D eigenvalue weighted by molar-refractivity contribution is -0.137. The van der Waals surface area contributed by atoms with Crippen molar-refractivity contribution in [2.24, 2.45) is 4.99 Å². The quantitative estimate of drug-likeness (QED) is 0.378. The Balaban J connectivity index is 2.63. The molecule has 0 saturated carbocycles. The van der Waals surface area contributed by atoms with E-state index in [-0.39, 0.29) is 32.7 Å². The number of aliphatic imine (C=N–C) groups is 1. The molecule has 0 aliphatic rings. The molecular weight excluding hydrogens is 449 g/mol. The summed E-state index contributed by atoms with van der Waals surface area (Å²) < 4.78 is 66.3. The van der Waals surface area contributed by atoms with Crippen LogP contribution in [0.1, 0.15) is 5.56 Å². The molecule has 0 bridgehead atoms. The molecule has 2 aromatic carbocycles. The fourth-order valence-corrected chi connectivity index (χ4v) is 3.68. The Labute approximate surface area is 174 Å². The van der Waals surface area contributed by atoms with Gasteiger partial charge in [-0.3, -0.25) is 4.72 Å². The van der Waals surface area contributed by atoms with Gasteiger partial charge in [0.1, 0.15) is 0 Å². The Hall–Kier alpha value is -2.42. The van der Waals surface area contributed by atoms with Gasteiger partial charge in [0.15, 0.2) is 5.17 Å². The van der Waals surface area contributed by atoms with Gasteiger partial charge in [-0.15, -0.1) is 4.99 Å². The molecule has 0 spiro atoms. The number of hydrogen-bond donors (Lipinski definition) is 2. The van der Waals surface area contributed by atoms with Gasteiger partial charge >= 0.3 is 6.18 Å². The number of nitrogens with zero attached hydrogens (tertiary/aromatic N) is 2. The zero-order chi connectivity index (χ0) is 21.8. The van der Waals surface area contributed by atoms with E-state index in [1.165, 1.54) is 30.3 Å². The van der Waals surface area contributed by atoms with E-state index in [0.29, 0.717) is 0 Å². The van der Waals surface area contributed by atoms with Crippen molar-refractivity contribution in [2.45, 2.75) is 6.18 Å². The normalized spacial score (nSPS) is 12.4. The molecular formula is C17H14ClF3N4O2S2. The molecule has 0 unspecified atom stereocenters. The Morgan fingerprint density at radius 1 is 1.24 bits per heavy atom. The summed E-state index contributed by atoms with van der Waals surface area (Å²) in [5.74, 6) is 0. The van der Waals surface area contributed by atoms with Crippen molar-refractivity contribution in [3.63, 3.8) is 0 Å². The van der Waals surface area contributed by atoms with E-state index in [9.17, 15) is 21.6 Å². The minimum Gasteiger partial charge on any atom is -0.334 e. The number of anilines is 2. The molecule has 0 amide bonds. The highest BCUT2D eigenvalue weighted by Crippen LogP contribution is 2.43. The first-order valence-electron chi connectivity index (χ1n) is 7.71. The van der Waals surface area contributed by atoms with E-state index in [0.717, 1.165) is 24.1 Å². The zero-order valence-corrected chi connectivity index (χ0v) is 17.4. The van der Waals surface area contributed by atoms with Crippen molar-refractivity contribution >= 4 is 49.9 Å². The summed E-state index contributed by atoms with van der Waals surface area (Å²) in [7, 11) is -3.61. The predicted molar refractivity (Wildman–Crippen MR) is 111 cm³/mol. The van der Waals surface area contributed by atoms with Crippen LogP contribution in [0.25, 0.3) is 11.1 Å². The van der Waals surface area contributed by atoms with Gasteiger partial charge in [0.05, 0.1) is 16.8 Å². The first-order chi connectivity index (χ1) is 13.4. The second-order valence-corrected chi connectivity index (χ2v) is 8.63. The molecule has 0 radical (unpaired) electrons. The van der Waals surface area contributed by atoms with Crippen molar-refractivity contribution in [1.82, 2.24) is 0 Å². The molecule has 0 atom stereocenters. The molecule has 6 nitrogen and oxygen atoms in total. The summed E-state index contributed by atoms with van der Waals surface area (Å²) in [6.45, 7) is 0. The lowest BCUT2D eigenvalue weighted by atomic mass is 9.98. The molecule has 154 valence electrons. The summed E-state index contributed by atoms with van der Waals surface area (Å²) in [5, 5.41) is 11.1. The lowest BCUT2D eigenvalue weighted by Crippen LogP contribution is -2.12. The van der Waals surface area contributed by atoms with Crippen LogP contribution in [0.4, 0.5) is 24.5 Å². The molecule has 2 N–H and O–H groups in total. The maximum Gasteiger partial charge on any atom is 0.417 e. The van der Waals surface area contributed by atoms with Gasteiger partial charge in [-0.25, -0.2) is 8.42 Å². The molecule has 0 fully saturated rings. The second-order valence-electron chi connectivity index (χ2n) is 5.68. The van der Waals surface area contributed by atoms with E-state index in [2.05, 4.69) is 15.0 Å². The van der Waals surface area contributed by atoms with Crippen LogP contribution in [0.3, 0.4) is 0 Å². The smallest absolute Gasteiger partial charge is 0.334 e. The zero-order valence-electron chi connectivity index (χ0n) is 15.0. The Kier molecular flexibility index (Phi) is 7.05. The monoisotopic (exact) mass is 462 g/mol. The van der Waals surface area contributed by atoms with Crippen molar-refractivity contribution in [3.05, 3.63) is 47.0 Å². The average Bonchev–Trinajstić information content (AvgIpc) is 2.58. The third-order valence-electron chi connectivity index (χ3n) is 3.45. The first kappa shape index (κ1) is 22.9. The molecule has 0 saturated heterocycles. The molecule has 0 heterocycles.